The number of hydrogen-bond donors (Lipinski definition) is 0. The zero-order valence-electron chi connectivity index (χ0n) is 8.59. The Labute approximate surface area is 81.9 Å². The van der Waals surface area contributed by atoms with Gasteiger partial charge in [0.15, 0.2) is 0 Å². The lowest BCUT2D eigenvalue weighted by Gasteiger charge is -2.28. The van der Waals surface area contributed by atoms with Crippen LogP contribution >= 0.6 is 9.24 Å². The zero-order valence-corrected chi connectivity index (χ0v) is 9.75. The highest BCUT2D eigenvalue weighted by atomic mass is 31.0. The van der Waals surface area contributed by atoms with Crippen molar-refractivity contribution in [1.82, 2.24) is 9.78 Å². The van der Waals surface area contributed by atoms with Gasteiger partial charge in [0.25, 0.3) is 0 Å². The zero-order chi connectivity index (χ0) is 9.64. The molecule has 2 nitrogen and oxygen atoms in total. The van der Waals surface area contributed by atoms with Crippen molar-refractivity contribution in [2.24, 2.45) is 7.05 Å². The maximum absolute atomic E-state index is 4.60. The van der Waals surface area contributed by atoms with E-state index in [1.807, 2.05) is 11.7 Å². The van der Waals surface area contributed by atoms with Crippen molar-refractivity contribution >= 4 is 14.7 Å². The minimum atomic E-state index is 0.278. The second kappa shape index (κ2) is 2.81. The molecule has 0 saturated carbocycles. The van der Waals surface area contributed by atoms with E-state index in [-0.39, 0.29) is 5.41 Å². The summed E-state index contributed by atoms with van der Waals surface area (Å²) in [4.78, 5) is 0. The van der Waals surface area contributed by atoms with Crippen LogP contribution in [0.15, 0.2) is 0 Å². The summed E-state index contributed by atoms with van der Waals surface area (Å²) < 4.78 is 1.99. The lowest BCUT2D eigenvalue weighted by molar-refractivity contribution is 0.417. The lowest BCUT2D eigenvalue weighted by Crippen LogP contribution is -2.24. The molecule has 0 fully saturated rings. The number of aryl methyl sites for hydroxylation is 1. The van der Waals surface area contributed by atoms with Crippen LogP contribution in [0.1, 0.15) is 37.9 Å². The Morgan fingerprint density at radius 1 is 1.46 bits per heavy atom. The summed E-state index contributed by atoms with van der Waals surface area (Å²) in [6.45, 7) is 4.59. The van der Waals surface area contributed by atoms with Crippen molar-refractivity contribution in [2.45, 2.75) is 38.5 Å². The molecule has 3 heteroatoms. The van der Waals surface area contributed by atoms with E-state index in [1.54, 1.807) is 0 Å². The van der Waals surface area contributed by atoms with E-state index < -0.39 is 0 Å². The molecular weight excluding hydrogens is 179 g/mol. The van der Waals surface area contributed by atoms with Crippen LogP contribution in [0.2, 0.25) is 0 Å². The average molecular weight is 196 g/mol. The third-order valence-corrected chi connectivity index (χ3v) is 3.79. The molecule has 1 aromatic rings. The highest BCUT2D eigenvalue weighted by Gasteiger charge is 2.31. The molecule has 1 heterocycles. The van der Waals surface area contributed by atoms with Crippen molar-refractivity contribution in [1.29, 1.82) is 0 Å². The second-order valence-corrected chi connectivity index (χ2v) is 5.12. The highest BCUT2D eigenvalue weighted by molar-refractivity contribution is 7.27. The van der Waals surface area contributed by atoms with E-state index in [2.05, 4.69) is 28.2 Å². The topological polar surface area (TPSA) is 17.8 Å². The van der Waals surface area contributed by atoms with Gasteiger partial charge in [-0.2, -0.15) is 5.10 Å². The highest BCUT2D eigenvalue weighted by Crippen LogP contribution is 2.35. The van der Waals surface area contributed by atoms with Crippen LogP contribution in [0.25, 0.3) is 0 Å². The standard InChI is InChI=1S/C10H17N2P/c1-10(2)6-4-5-7-8(10)11-12(3)9(7)13/h4-6,13H2,1-3H3. The Bertz CT molecular complexity index is 339. The Balaban J connectivity index is 2.59. The van der Waals surface area contributed by atoms with Crippen molar-refractivity contribution in [2.75, 3.05) is 0 Å². The van der Waals surface area contributed by atoms with Gasteiger partial charge in [0, 0.05) is 18.0 Å². The Morgan fingerprint density at radius 3 is 2.77 bits per heavy atom. The summed E-state index contributed by atoms with van der Waals surface area (Å²) in [6, 6.07) is 0. The van der Waals surface area contributed by atoms with Crippen LogP contribution in [0.3, 0.4) is 0 Å². The monoisotopic (exact) mass is 196 g/mol. The fraction of sp³-hybridized carbons (Fsp3) is 0.700. The molecule has 1 atom stereocenters. The smallest absolute Gasteiger partial charge is 0.0719 e. The predicted molar refractivity (Wildman–Crippen MR) is 58.5 cm³/mol. The van der Waals surface area contributed by atoms with Gasteiger partial charge in [0.2, 0.25) is 0 Å². The predicted octanol–water partition coefficient (Wildman–Crippen LogP) is 1.53. The van der Waals surface area contributed by atoms with Crippen LogP contribution in [-0.4, -0.2) is 9.78 Å². The molecule has 1 unspecified atom stereocenters. The van der Waals surface area contributed by atoms with Gasteiger partial charge in [-0.3, -0.25) is 4.68 Å². The summed E-state index contributed by atoms with van der Waals surface area (Å²) in [5, 5.41) is 4.60. The fourth-order valence-electron chi connectivity index (χ4n) is 2.20. The summed E-state index contributed by atoms with van der Waals surface area (Å²) >= 11 is 0. The van der Waals surface area contributed by atoms with E-state index in [9.17, 15) is 0 Å². The van der Waals surface area contributed by atoms with Crippen LogP contribution in [0.4, 0.5) is 0 Å². The number of nitrogens with zero attached hydrogens (tertiary/aromatic N) is 2. The first kappa shape index (κ1) is 9.21. The van der Waals surface area contributed by atoms with E-state index in [0.29, 0.717) is 0 Å². The van der Waals surface area contributed by atoms with Gasteiger partial charge in [0.1, 0.15) is 0 Å². The maximum Gasteiger partial charge on any atom is 0.0719 e. The SMILES string of the molecule is Cn1nc2c(c1P)CCCC2(C)C. The quantitative estimate of drug-likeness (QED) is 0.575. The molecule has 0 N–H and O–H groups in total. The number of fused-ring (bicyclic) bond motifs is 1. The Kier molecular flexibility index (Phi) is 1.99. The summed E-state index contributed by atoms with van der Waals surface area (Å²) in [7, 11) is 4.83. The third kappa shape index (κ3) is 1.32. The van der Waals surface area contributed by atoms with Gasteiger partial charge in [-0.05, 0) is 19.3 Å². The van der Waals surface area contributed by atoms with E-state index in [0.717, 1.165) is 0 Å². The molecule has 0 amide bonds. The first-order valence-electron chi connectivity index (χ1n) is 4.84. The second-order valence-electron chi connectivity index (χ2n) is 4.57. The molecule has 0 radical (unpaired) electrons. The largest absolute Gasteiger partial charge is 0.268 e. The molecule has 1 aliphatic rings. The number of aromatic nitrogens is 2. The van der Waals surface area contributed by atoms with Crippen LogP contribution in [0, 0.1) is 0 Å². The van der Waals surface area contributed by atoms with E-state index in [1.165, 1.54) is 36.0 Å². The van der Waals surface area contributed by atoms with E-state index >= 15 is 0 Å². The van der Waals surface area contributed by atoms with Gasteiger partial charge in [-0.1, -0.05) is 23.1 Å². The molecular formula is C10H17N2P. The molecule has 13 heavy (non-hydrogen) atoms. The minimum absolute atomic E-state index is 0.278. The number of hydrogen-bond acceptors (Lipinski definition) is 1. The van der Waals surface area contributed by atoms with Gasteiger partial charge in [0.05, 0.1) is 11.1 Å². The number of rotatable bonds is 0. The van der Waals surface area contributed by atoms with Crippen molar-refractivity contribution in [3.05, 3.63) is 11.3 Å². The normalized spacial score (nSPS) is 20.0. The molecule has 1 aliphatic carbocycles. The molecule has 0 aliphatic heterocycles. The lowest BCUT2D eigenvalue weighted by atomic mass is 9.77. The Morgan fingerprint density at radius 2 is 2.15 bits per heavy atom. The molecule has 1 aromatic heterocycles. The Hall–Kier alpha value is -0.360. The van der Waals surface area contributed by atoms with Crippen LogP contribution in [0.5, 0.6) is 0 Å². The molecule has 72 valence electrons. The summed E-state index contributed by atoms with van der Waals surface area (Å²) in [5.74, 6) is 0. The van der Waals surface area contributed by atoms with Gasteiger partial charge < -0.3 is 0 Å². The van der Waals surface area contributed by atoms with Crippen molar-refractivity contribution in [3.63, 3.8) is 0 Å². The van der Waals surface area contributed by atoms with Crippen molar-refractivity contribution < 1.29 is 0 Å². The van der Waals surface area contributed by atoms with Gasteiger partial charge >= 0.3 is 0 Å². The molecule has 0 spiro atoms. The molecule has 0 aromatic carbocycles. The molecule has 0 bridgehead atoms. The first-order valence-corrected chi connectivity index (χ1v) is 5.42. The molecule has 2 rings (SSSR count). The summed E-state index contributed by atoms with van der Waals surface area (Å²) in [6.07, 6.45) is 3.76. The van der Waals surface area contributed by atoms with E-state index in [4.69, 9.17) is 0 Å². The third-order valence-electron chi connectivity index (χ3n) is 3.06. The van der Waals surface area contributed by atoms with Crippen LogP contribution < -0.4 is 5.44 Å². The first-order chi connectivity index (χ1) is 6.02. The van der Waals surface area contributed by atoms with Gasteiger partial charge in [-0.15, -0.1) is 0 Å². The average Bonchev–Trinajstić information content (AvgIpc) is 2.32. The maximum atomic E-state index is 4.60. The molecule has 0 saturated heterocycles. The van der Waals surface area contributed by atoms with Crippen molar-refractivity contribution in [3.8, 4) is 0 Å². The van der Waals surface area contributed by atoms with Gasteiger partial charge in [-0.25, -0.2) is 0 Å². The minimum Gasteiger partial charge on any atom is -0.268 e. The van der Waals surface area contributed by atoms with Crippen LogP contribution in [-0.2, 0) is 18.9 Å². The summed E-state index contributed by atoms with van der Waals surface area (Å²) in [5.41, 5.74) is 4.32. The fourth-order valence-corrected chi connectivity index (χ4v) is 2.54.